The average Bonchev–Trinajstić information content (AvgIpc) is 3.21. The van der Waals surface area contributed by atoms with Crippen LogP contribution in [0.3, 0.4) is 0 Å². The normalized spacial score (nSPS) is 14.8. The smallest absolute Gasteiger partial charge is 0.279 e. The number of hydrogen-bond acceptors (Lipinski definition) is 4. The number of benzene rings is 2. The van der Waals surface area contributed by atoms with Crippen molar-refractivity contribution in [3.05, 3.63) is 65.5 Å². The first-order valence-electron chi connectivity index (χ1n) is 9.43. The first kappa shape index (κ1) is 19.5. The molecule has 1 amide bonds. The van der Waals surface area contributed by atoms with Gasteiger partial charge in [0.15, 0.2) is 11.7 Å². The number of rotatable bonds is 5. The summed E-state index contributed by atoms with van der Waals surface area (Å²) in [7, 11) is 0. The van der Waals surface area contributed by atoms with Crippen LogP contribution in [-0.4, -0.2) is 43.6 Å². The van der Waals surface area contributed by atoms with Crippen molar-refractivity contribution in [2.24, 2.45) is 0 Å². The van der Waals surface area contributed by atoms with Crippen molar-refractivity contribution in [1.29, 1.82) is 0 Å². The Morgan fingerprint density at radius 2 is 1.83 bits per heavy atom. The van der Waals surface area contributed by atoms with Crippen LogP contribution in [-0.2, 0) is 4.79 Å². The number of nitrogens with zero attached hydrogens (tertiary/aromatic N) is 2. The largest absolute Gasteiger partial charge is 0.337 e. The van der Waals surface area contributed by atoms with Crippen molar-refractivity contribution >= 4 is 28.1 Å². The molecule has 1 aliphatic heterocycles. The van der Waals surface area contributed by atoms with Gasteiger partial charge in [-0.3, -0.25) is 4.79 Å². The average molecular weight is 415 g/mol. The van der Waals surface area contributed by atoms with Crippen molar-refractivity contribution in [2.45, 2.75) is 0 Å². The molecule has 8 heteroatoms. The Balaban J connectivity index is 1.30. The van der Waals surface area contributed by atoms with E-state index < -0.39 is 5.82 Å². The van der Waals surface area contributed by atoms with E-state index in [1.54, 1.807) is 41.7 Å². The molecule has 2 N–H and O–H groups in total. The molecule has 0 aliphatic carbocycles. The number of halogens is 2. The Bertz CT molecular complexity index is 984. The van der Waals surface area contributed by atoms with Crippen molar-refractivity contribution in [3.8, 4) is 11.3 Å². The number of piperazine rings is 1. The van der Waals surface area contributed by atoms with Gasteiger partial charge in [-0.1, -0.05) is 12.1 Å². The first-order valence-corrected chi connectivity index (χ1v) is 10.3. The van der Waals surface area contributed by atoms with Gasteiger partial charge in [-0.15, -0.1) is 11.3 Å². The summed E-state index contributed by atoms with van der Waals surface area (Å²) in [5.74, 6) is -0.880. The lowest BCUT2D eigenvalue weighted by atomic mass is 10.2. The molecule has 0 spiro atoms. The fourth-order valence-corrected chi connectivity index (χ4v) is 4.23. The Hall–Kier alpha value is -2.84. The van der Waals surface area contributed by atoms with E-state index >= 15 is 0 Å². The van der Waals surface area contributed by atoms with E-state index in [1.165, 1.54) is 18.2 Å². The highest BCUT2D eigenvalue weighted by atomic mass is 32.1. The molecule has 2 heterocycles. The highest BCUT2D eigenvalue weighted by molar-refractivity contribution is 7.14. The van der Waals surface area contributed by atoms with Gasteiger partial charge in [0.2, 0.25) is 0 Å². The highest BCUT2D eigenvalue weighted by Crippen LogP contribution is 2.27. The zero-order valence-electron chi connectivity index (χ0n) is 15.7. The lowest BCUT2D eigenvalue weighted by Crippen LogP contribution is -3.15. The molecule has 1 fully saturated rings. The molecule has 150 valence electrons. The second-order valence-electron chi connectivity index (χ2n) is 6.96. The van der Waals surface area contributed by atoms with Crippen LogP contribution in [0.2, 0.25) is 0 Å². The summed E-state index contributed by atoms with van der Waals surface area (Å²) in [5.41, 5.74) is 1.94. The minimum absolute atomic E-state index is 0.189. The van der Waals surface area contributed by atoms with E-state index in [0.29, 0.717) is 6.54 Å². The number of carbonyl (C=O) groups excluding carboxylic acids is 1. The van der Waals surface area contributed by atoms with Crippen LogP contribution >= 0.6 is 11.3 Å². The number of carbonyl (C=O) groups is 1. The molecule has 29 heavy (non-hydrogen) atoms. The number of quaternary nitrogens is 1. The summed E-state index contributed by atoms with van der Waals surface area (Å²) < 4.78 is 26.8. The van der Waals surface area contributed by atoms with E-state index in [-0.39, 0.29) is 17.4 Å². The standard InChI is InChI=1S/C21H20F2N4OS/c22-16-7-5-15(6-8-16)19-14-29-21(25-19)27-11-9-26(10-12-27)13-20(28)24-18-4-2-1-3-17(18)23/h1-8,14H,9-13H2,(H,24,28)/p+1. The van der Waals surface area contributed by atoms with Gasteiger partial charge in [-0.05, 0) is 36.4 Å². The molecule has 0 bridgehead atoms. The maximum absolute atomic E-state index is 13.7. The summed E-state index contributed by atoms with van der Waals surface area (Å²) in [6.45, 7) is 3.49. The third-order valence-electron chi connectivity index (χ3n) is 4.93. The van der Waals surface area contributed by atoms with Gasteiger partial charge in [-0.2, -0.15) is 0 Å². The molecule has 0 atom stereocenters. The van der Waals surface area contributed by atoms with E-state index in [1.807, 2.05) is 5.38 Å². The minimum atomic E-state index is -0.429. The van der Waals surface area contributed by atoms with E-state index in [2.05, 4.69) is 15.2 Å². The van der Waals surface area contributed by atoms with Crippen LogP contribution in [0.15, 0.2) is 53.9 Å². The second kappa shape index (κ2) is 8.67. The number of hydrogen-bond donors (Lipinski definition) is 2. The zero-order chi connectivity index (χ0) is 20.2. The molecule has 1 aliphatic rings. The summed E-state index contributed by atoms with van der Waals surface area (Å²) in [6, 6.07) is 12.5. The first-order chi connectivity index (χ1) is 14.1. The summed E-state index contributed by atoms with van der Waals surface area (Å²) in [5, 5.41) is 5.55. The van der Waals surface area contributed by atoms with Crippen LogP contribution in [0.5, 0.6) is 0 Å². The van der Waals surface area contributed by atoms with Gasteiger partial charge in [0.05, 0.1) is 37.6 Å². The van der Waals surface area contributed by atoms with Crippen LogP contribution in [0.25, 0.3) is 11.3 Å². The molecule has 0 radical (unpaired) electrons. The van der Waals surface area contributed by atoms with Crippen LogP contribution in [0.1, 0.15) is 0 Å². The van der Waals surface area contributed by atoms with Crippen molar-refractivity contribution in [1.82, 2.24) is 4.98 Å². The second-order valence-corrected chi connectivity index (χ2v) is 7.80. The lowest BCUT2D eigenvalue weighted by Gasteiger charge is -2.31. The van der Waals surface area contributed by atoms with E-state index in [0.717, 1.165) is 47.5 Å². The van der Waals surface area contributed by atoms with Gasteiger partial charge in [0.1, 0.15) is 11.6 Å². The lowest BCUT2D eigenvalue weighted by molar-refractivity contribution is -0.892. The van der Waals surface area contributed by atoms with E-state index in [9.17, 15) is 13.6 Å². The Labute approximate surface area is 171 Å². The molecule has 3 aromatic rings. The molecule has 0 saturated carbocycles. The third-order valence-corrected chi connectivity index (χ3v) is 5.83. The molecule has 2 aromatic carbocycles. The highest BCUT2D eigenvalue weighted by Gasteiger charge is 2.24. The summed E-state index contributed by atoms with van der Waals surface area (Å²) in [6.07, 6.45) is 0. The summed E-state index contributed by atoms with van der Waals surface area (Å²) >= 11 is 1.56. The molecule has 5 nitrogen and oxygen atoms in total. The van der Waals surface area contributed by atoms with Crippen LogP contribution < -0.4 is 15.1 Å². The predicted molar refractivity (Wildman–Crippen MR) is 110 cm³/mol. The third kappa shape index (κ3) is 4.78. The monoisotopic (exact) mass is 415 g/mol. The quantitative estimate of drug-likeness (QED) is 0.673. The molecule has 4 rings (SSSR count). The fourth-order valence-electron chi connectivity index (χ4n) is 3.34. The van der Waals surface area contributed by atoms with Gasteiger partial charge in [0.25, 0.3) is 5.91 Å². The Morgan fingerprint density at radius 1 is 1.10 bits per heavy atom. The molecular weight excluding hydrogens is 394 g/mol. The van der Waals surface area contributed by atoms with Gasteiger partial charge in [-0.25, -0.2) is 13.8 Å². The van der Waals surface area contributed by atoms with Crippen molar-refractivity contribution in [2.75, 3.05) is 42.9 Å². The number of anilines is 2. The zero-order valence-corrected chi connectivity index (χ0v) is 16.5. The number of thiazole rings is 1. The van der Waals surface area contributed by atoms with Gasteiger partial charge < -0.3 is 15.1 Å². The van der Waals surface area contributed by atoms with Gasteiger partial charge >= 0.3 is 0 Å². The minimum Gasteiger partial charge on any atom is -0.337 e. The van der Waals surface area contributed by atoms with Crippen molar-refractivity contribution < 1.29 is 18.5 Å². The van der Waals surface area contributed by atoms with Gasteiger partial charge in [0, 0.05) is 10.9 Å². The SMILES string of the molecule is O=C(C[NH+]1CCN(c2nc(-c3ccc(F)cc3)cs2)CC1)Nc1ccccc1F. The maximum Gasteiger partial charge on any atom is 0.279 e. The molecular formula is C21H21F2N4OS+. The van der Waals surface area contributed by atoms with Crippen molar-refractivity contribution in [3.63, 3.8) is 0 Å². The molecule has 1 saturated heterocycles. The van der Waals surface area contributed by atoms with Crippen LogP contribution in [0.4, 0.5) is 19.6 Å². The molecule has 1 aromatic heterocycles. The molecule has 0 unspecified atom stereocenters. The number of nitrogens with one attached hydrogen (secondary N) is 2. The number of amides is 1. The predicted octanol–water partition coefficient (Wildman–Crippen LogP) is 2.43. The number of para-hydroxylation sites is 1. The number of aromatic nitrogens is 1. The Kier molecular flexibility index (Phi) is 5.82. The Morgan fingerprint density at radius 3 is 2.55 bits per heavy atom. The van der Waals surface area contributed by atoms with E-state index in [4.69, 9.17) is 0 Å². The maximum atomic E-state index is 13.7. The fraction of sp³-hybridized carbons (Fsp3) is 0.238. The topological polar surface area (TPSA) is 49.7 Å². The van der Waals surface area contributed by atoms with Crippen LogP contribution in [0, 0.1) is 11.6 Å². The summed E-state index contributed by atoms with van der Waals surface area (Å²) in [4.78, 5) is 20.3.